The van der Waals surface area contributed by atoms with Gasteiger partial charge in [0.2, 0.25) is 0 Å². The van der Waals surface area contributed by atoms with Crippen LogP contribution in [0.15, 0.2) is 18.2 Å². The fourth-order valence-electron chi connectivity index (χ4n) is 1.45. The molecule has 0 bridgehead atoms. The van der Waals surface area contributed by atoms with Crippen molar-refractivity contribution in [2.75, 3.05) is 40.1 Å². The lowest BCUT2D eigenvalue weighted by Gasteiger charge is -2.07. The monoisotopic (exact) mass is 282 g/mol. The largest absolute Gasteiger partial charge is 0.491 e. The Balaban J connectivity index is 2.29. The maximum Gasteiger partial charge on any atom is 0.142 e. The van der Waals surface area contributed by atoms with Crippen molar-refractivity contribution in [3.8, 4) is 17.6 Å². The van der Waals surface area contributed by atoms with E-state index in [1.54, 1.807) is 13.2 Å². The molecular weight excluding hydrogens is 263 g/mol. The molecule has 1 N–H and O–H groups in total. The molecule has 0 aliphatic heterocycles. The van der Waals surface area contributed by atoms with Gasteiger partial charge in [0.05, 0.1) is 12.2 Å². The Kier molecular flexibility index (Phi) is 8.40. The summed E-state index contributed by atoms with van der Waals surface area (Å²) in [5.41, 5.74) is 0.238. The summed E-state index contributed by atoms with van der Waals surface area (Å²) in [6.45, 7) is 1.78. The summed E-state index contributed by atoms with van der Waals surface area (Å²) in [5.74, 6) is 4.87. The summed E-state index contributed by atoms with van der Waals surface area (Å²) in [4.78, 5) is 0. The molecule has 0 heterocycles. The van der Waals surface area contributed by atoms with Gasteiger partial charge in [0, 0.05) is 26.4 Å². The first kappa shape index (κ1) is 16.4. The van der Waals surface area contributed by atoms with Crippen molar-refractivity contribution in [2.45, 2.75) is 6.42 Å². The summed E-state index contributed by atoms with van der Waals surface area (Å²) < 4.78 is 29.1. The lowest BCUT2D eigenvalue weighted by molar-refractivity contribution is 0.0806. The maximum absolute atomic E-state index is 13.6. The van der Waals surface area contributed by atoms with Gasteiger partial charge in [-0.25, -0.2) is 4.39 Å². The third-order valence-electron chi connectivity index (χ3n) is 2.38. The minimum Gasteiger partial charge on any atom is -0.491 e. The van der Waals surface area contributed by atoms with Crippen LogP contribution in [0.2, 0.25) is 0 Å². The standard InChI is InChI=1S/C15H19FO4/c1-18-8-3-9-19-10-11-20-14-6-5-13(4-2-7-17)15(16)12-14/h5-6,12,17H,3,7-11H2,1H3. The zero-order valence-electron chi connectivity index (χ0n) is 11.5. The van der Waals surface area contributed by atoms with E-state index in [2.05, 4.69) is 11.8 Å². The highest BCUT2D eigenvalue weighted by Gasteiger charge is 2.02. The minimum atomic E-state index is -0.468. The predicted octanol–water partition coefficient (Wildman–Crippen LogP) is 1.60. The van der Waals surface area contributed by atoms with Gasteiger partial charge in [-0.15, -0.1) is 0 Å². The number of benzene rings is 1. The first-order chi connectivity index (χ1) is 9.77. The Hall–Kier alpha value is -1.61. The van der Waals surface area contributed by atoms with Gasteiger partial charge < -0.3 is 19.3 Å². The molecule has 5 heteroatoms. The average Bonchev–Trinajstić information content (AvgIpc) is 2.45. The number of aliphatic hydroxyl groups excluding tert-OH is 1. The molecule has 4 nitrogen and oxygen atoms in total. The van der Waals surface area contributed by atoms with Crippen molar-refractivity contribution < 1.29 is 23.7 Å². The Morgan fingerprint density at radius 2 is 2.05 bits per heavy atom. The van der Waals surface area contributed by atoms with Crippen molar-refractivity contribution in [2.24, 2.45) is 0 Å². The molecule has 0 atom stereocenters. The van der Waals surface area contributed by atoms with Crippen LogP contribution in [0.4, 0.5) is 4.39 Å². The molecular formula is C15H19FO4. The molecule has 0 fully saturated rings. The van der Waals surface area contributed by atoms with E-state index < -0.39 is 5.82 Å². The fraction of sp³-hybridized carbons (Fsp3) is 0.467. The van der Waals surface area contributed by atoms with Gasteiger partial charge >= 0.3 is 0 Å². The smallest absolute Gasteiger partial charge is 0.142 e. The molecule has 0 amide bonds. The van der Waals surface area contributed by atoms with Crippen molar-refractivity contribution in [1.82, 2.24) is 0 Å². The summed E-state index contributed by atoms with van der Waals surface area (Å²) in [6.07, 6.45) is 0.837. The maximum atomic E-state index is 13.6. The first-order valence-corrected chi connectivity index (χ1v) is 6.36. The van der Waals surface area contributed by atoms with E-state index in [4.69, 9.17) is 19.3 Å². The molecule has 1 aromatic carbocycles. The highest BCUT2D eigenvalue weighted by atomic mass is 19.1. The van der Waals surface area contributed by atoms with Crippen LogP contribution in [0.3, 0.4) is 0 Å². The topological polar surface area (TPSA) is 47.9 Å². The average molecular weight is 282 g/mol. The number of aliphatic hydroxyl groups is 1. The van der Waals surface area contributed by atoms with Gasteiger partial charge in [-0.3, -0.25) is 0 Å². The van der Waals surface area contributed by atoms with Crippen LogP contribution in [0.5, 0.6) is 5.75 Å². The Bertz CT molecular complexity index is 451. The molecule has 0 saturated heterocycles. The van der Waals surface area contributed by atoms with Crippen LogP contribution in [-0.2, 0) is 9.47 Å². The Morgan fingerprint density at radius 3 is 2.75 bits per heavy atom. The highest BCUT2D eigenvalue weighted by Crippen LogP contribution is 2.15. The zero-order valence-corrected chi connectivity index (χ0v) is 11.5. The second kappa shape index (κ2) is 10.2. The third kappa shape index (κ3) is 6.53. The SMILES string of the molecule is COCCCOCCOc1ccc(C#CCO)c(F)c1. The van der Waals surface area contributed by atoms with Gasteiger partial charge in [-0.2, -0.15) is 0 Å². The number of halogens is 1. The van der Waals surface area contributed by atoms with Crippen LogP contribution < -0.4 is 4.74 Å². The molecule has 0 radical (unpaired) electrons. The minimum absolute atomic E-state index is 0.238. The van der Waals surface area contributed by atoms with Gasteiger partial charge in [-0.05, 0) is 18.6 Å². The number of methoxy groups -OCH3 is 1. The Labute approximate surface area is 118 Å². The van der Waals surface area contributed by atoms with Crippen molar-refractivity contribution in [3.05, 3.63) is 29.6 Å². The number of ether oxygens (including phenoxy) is 3. The molecule has 1 aromatic rings. The molecule has 20 heavy (non-hydrogen) atoms. The highest BCUT2D eigenvalue weighted by molar-refractivity contribution is 5.39. The van der Waals surface area contributed by atoms with E-state index >= 15 is 0 Å². The molecule has 1 rings (SSSR count). The van der Waals surface area contributed by atoms with E-state index in [0.717, 1.165) is 6.42 Å². The van der Waals surface area contributed by atoms with Crippen LogP contribution in [0.1, 0.15) is 12.0 Å². The second-order valence-electron chi connectivity index (χ2n) is 3.91. The van der Waals surface area contributed by atoms with E-state index in [1.165, 1.54) is 12.1 Å². The molecule has 0 spiro atoms. The molecule has 0 saturated carbocycles. The van der Waals surface area contributed by atoms with Gasteiger partial charge in [-0.1, -0.05) is 11.8 Å². The summed E-state index contributed by atoms with van der Waals surface area (Å²) in [5, 5.41) is 8.55. The van der Waals surface area contributed by atoms with E-state index in [1.807, 2.05) is 0 Å². The molecule has 110 valence electrons. The number of hydrogen-bond donors (Lipinski definition) is 1. The van der Waals surface area contributed by atoms with Gasteiger partial charge in [0.25, 0.3) is 0 Å². The predicted molar refractivity (Wildman–Crippen MR) is 73.2 cm³/mol. The molecule has 0 unspecified atom stereocenters. The van der Waals surface area contributed by atoms with Crippen LogP contribution >= 0.6 is 0 Å². The van der Waals surface area contributed by atoms with Crippen molar-refractivity contribution in [3.63, 3.8) is 0 Å². The normalized spacial score (nSPS) is 9.95. The second-order valence-corrected chi connectivity index (χ2v) is 3.91. The third-order valence-corrected chi connectivity index (χ3v) is 2.38. The number of rotatable bonds is 8. The Morgan fingerprint density at radius 1 is 1.20 bits per heavy atom. The van der Waals surface area contributed by atoms with Crippen molar-refractivity contribution >= 4 is 0 Å². The lowest BCUT2D eigenvalue weighted by Crippen LogP contribution is -2.08. The molecule has 0 aromatic heterocycles. The van der Waals surface area contributed by atoms with Crippen LogP contribution in [0, 0.1) is 17.7 Å². The summed E-state index contributed by atoms with van der Waals surface area (Å²) >= 11 is 0. The quantitative estimate of drug-likeness (QED) is 0.581. The van der Waals surface area contributed by atoms with Crippen LogP contribution in [0.25, 0.3) is 0 Å². The van der Waals surface area contributed by atoms with Gasteiger partial charge in [0.1, 0.15) is 24.8 Å². The first-order valence-electron chi connectivity index (χ1n) is 6.36. The summed E-state index contributed by atoms with van der Waals surface area (Å²) in [6, 6.07) is 4.43. The fourth-order valence-corrected chi connectivity index (χ4v) is 1.45. The van der Waals surface area contributed by atoms with Crippen LogP contribution in [-0.4, -0.2) is 45.3 Å². The molecule has 0 aliphatic carbocycles. The number of hydrogen-bond acceptors (Lipinski definition) is 4. The van der Waals surface area contributed by atoms with E-state index in [-0.39, 0.29) is 12.2 Å². The van der Waals surface area contributed by atoms with Gasteiger partial charge in [0.15, 0.2) is 0 Å². The van der Waals surface area contributed by atoms with E-state index in [0.29, 0.717) is 32.2 Å². The zero-order chi connectivity index (χ0) is 14.6. The van der Waals surface area contributed by atoms with Crippen molar-refractivity contribution in [1.29, 1.82) is 0 Å². The molecule has 0 aliphatic rings. The van der Waals surface area contributed by atoms with E-state index in [9.17, 15) is 4.39 Å². The lowest BCUT2D eigenvalue weighted by atomic mass is 10.2. The summed E-state index contributed by atoms with van der Waals surface area (Å²) in [7, 11) is 1.65.